The predicted molar refractivity (Wildman–Crippen MR) is 78.7 cm³/mol. The van der Waals surface area contributed by atoms with Crippen molar-refractivity contribution < 1.29 is 14.3 Å². The van der Waals surface area contributed by atoms with Gasteiger partial charge in [0, 0.05) is 37.2 Å². The second kappa shape index (κ2) is 6.86. The molecule has 1 amide bonds. The number of carbonyl (C=O) groups excluding carboxylic acids is 2. The fourth-order valence-electron chi connectivity index (χ4n) is 2.41. The summed E-state index contributed by atoms with van der Waals surface area (Å²) in [6.45, 7) is 0.729. The van der Waals surface area contributed by atoms with Gasteiger partial charge in [0.2, 0.25) is 0 Å². The van der Waals surface area contributed by atoms with Crippen molar-refractivity contribution in [1.29, 1.82) is 0 Å². The number of hydrogen-bond acceptors (Lipinski definition) is 3. The Morgan fingerprint density at radius 1 is 1.40 bits per heavy atom. The molecule has 0 aromatic heterocycles. The van der Waals surface area contributed by atoms with E-state index in [9.17, 15) is 9.59 Å². The zero-order valence-corrected chi connectivity index (χ0v) is 12.3. The standard InChI is InChI=1S/C15H18ClNO3/c1-20-10-15(19)17-8-6-11-9-12(4-5-13(11)17)14(18)3-2-7-16/h4-5,9H,2-3,6-8,10H2,1H3. The molecule has 0 aliphatic carbocycles. The van der Waals surface area contributed by atoms with Gasteiger partial charge in [0.15, 0.2) is 5.78 Å². The number of ketones is 1. The summed E-state index contributed by atoms with van der Waals surface area (Å²) in [5.74, 6) is 0.554. The van der Waals surface area contributed by atoms with Crippen LogP contribution in [0.1, 0.15) is 28.8 Å². The highest BCUT2D eigenvalue weighted by Crippen LogP contribution is 2.29. The van der Waals surface area contributed by atoms with Crippen molar-refractivity contribution >= 4 is 29.0 Å². The largest absolute Gasteiger partial charge is 0.375 e. The van der Waals surface area contributed by atoms with Crippen LogP contribution in [0.3, 0.4) is 0 Å². The van der Waals surface area contributed by atoms with Crippen LogP contribution in [0.2, 0.25) is 0 Å². The van der Waals surface area contributed by atoms with Crippen molar-refractivity contribution in [3.63, 3.8) is 0 Å². The Morgan fingerprint density at radius 2 is 2.20 bits per heavy atom. The summed E-state index contributed by atoms with van der Waals surface area (Å²) in [6.07, 6.45) is 1.94. The Labute approximate surface area is 123 Å². The Hall–Kier alpha value is -1.39. The van der Waals surface area contributed by atoms with Gasteiger partial charge in [-0.2, -0.15) is 0 Å². The molecule has 4 nitrogen and oxygen atoms in total. The molecule has 0 bridgehead atoms. The molecule has 1 heterocycles. The van der Waals surface area contributed by atoms with Gasteiger partial charge in [0.1, 0.15) is 6.61 Å². The van der Waals surface area contributed by atoms with Crippen LogP contribution in [-0.4, -0.2) is 37.8 Å². The van der Waals surface area contributed by atoms with Gasteiger partial charge in [-0.15, -0.1) is 11.6 Å². The molecule has 0 atom stereocenters. The van der Waals surface area contributed by atoms with Crippen molar-refractivity contribution in [2.24, 2.45) is 0 Å². The molecule has 20 heavy (non-hydrogen) atoms. The molecular formula is C15H18ClNO3. The minimum Gasteiger partial charge on any atom is -0.375 e. The maximum Gasteiger partial charge on any atom is 0.252 e. The Morgan fingerprint density at radius 3 is 2.90 bits per heavy atom. The first-order valence-electron chi connectivity index (χ1n) is 6.68. The van der Waals surface area contributed by atoms with Gasteiger partial charge < -0.3 is 9.64 Å². The smallest absolute Gasteiger partial charge is 0.252 e. The lowest BCUT2D eigenvalue weighted by atomic mass is 10.0. The molecule has 0 saturated heterocycles. The van der Waals surface area contributed by atoms with E-state index in [1.807, 2.05) is 12.1 Å². The van der Waals surface area contributed by atoms with E-state index in [1.165, 1.54) is 7.11 Å². The molecule has 2 rings (SSSR count). The minimum absolute atomic E-state index is 0.0486. The SMILES string of the molecule is COCC(=O)N1CCc2cc(C(=O)CCCCl)ccc21. The lowest BCUT2D eigenvalue weighted by molar-refractivity contribution is -0.122. The van der Waals surface area contributed by atoms with E-state index >= 15 is 0 Å². The summed E-state index contributed by atoms with van der Waals surface area (Å²) < 4.78 is 4.88. The number of fused-ring (bicyclic) bond motifs is 1. The highest BCUT2D eigenvalue weighted by molar-refractivity contribution is 6.18. The molecule has 0 unspecified atom stereocenters. The van der Waals surface area contributed by atoms with E-state index in [1.54, 1.807) is 11.0 Å². The monoisotopic (exact) mass is 295 g/mol. The van der Waals surface area contributed by atoms with Gasteiger partial charge in [-0.05, 0) is 36.6 Å². The zero-order valence-electron chi connectivity index (χ0n) is 11.5. The second-order valence-corrected chi connectivity index (χ2v) is 5.17. The van der Waals surface area contributed by atoms with Crippen molar-refractivity contribution in [2.45, 2.75) is 19.3 Å². The van der Waals surface area contributed by atoms with Crippen molar-refractivity contribution in [3.05, 3.63) is 29.3 Å². The summed E-state index contributed by atoms with van der Waals surface area (Å²) in [7, 11) is 1.51. The fraction of sp³-hybridized carbons (Fsp3) is 0.467. The Kier molecular flexibility index (Phi) is 5.15. The summed E-state index contributed by atoms with van der Waals surface area (Å²) in [5, 5.41) is 0. The molecule has 1 aromatic carbocycles. The summed E-state index contributed by atoms with van der Waals surface area (Å²) in [4.78, 5) is 25.6. The fourth-order valence-corrected chi connectivity index (χ4v) is 2.54. The minimum atomic E-state index is -0.0486. The Balaban J connectivity index is 2.14. The molecular weight excluding hydrogens is 278 g/mol. The van der Waals surface area contributed by atoms with Crippen LogP contribution in [0.4, 0.5) is 5.69 Å². The zero-order chi connectivity index (χ0) is 14.5. The number of rotatable bonds is 6. The van der Waals surface area contributed by atoms with Crippen LogP contribution in [0, 0.1) is 0 Å². The van der Waals surface area contributed by atoms with Crippen molar-refractivity contribution in [3.8, 4) is 0 Å². The van der Waals surface area contributed by atoms with Gasteiger partial charge in [0.25, 0.3) is 5.91 Å². The van der Waals surface area contributed by atoms with E-state index in [0.29, 0.717) is 30.8 Å². The third kappa shape index (κ3) is 3.19. The van der Waals surface area contributed by atoms with Crippen LogP contribution in [0.15, 0.2) is 18.2 Å². The third-order valence-electron chi connectivity index (χ3n) is 3.40. The number of ether oxygens (including phenoxy) is 1. The molecule has 0 N–H and O–H groups in total. The van der Waals surface area contributed by atoms with Crippen LogP contribution in [-0.2, 0) is 16.0 Å². The molecule has 0 spiro atoms. The summed E-state index contributed by atoms with van der Waals surface area (Å²) in [6, 6.07) is 5.53. The van der Waals surface area contributed by atoms with Crippen LogP contribution >= 0.6 is 11.6 Å². The van der Waals surface area contributed by atoms with E-state index in [0.717, 1.165) is 17.7 Å². The summed E-state index contributed by atoms with van der Waals surface area (Å²) >= 11 is 5.60. The first-order valence-corrected chi connectivity index (χ1v) is 7.22. The first-order chi connectivity index (χ1) is 9.67. The molecule has 5 heteroatoms. The second-order valence-electron chi connectivity index (χ2n) is 4.79. The number of halogens is 1. The summed E-state index contributed by atoms with van der Waals surface area (Å²) in [5.41, 5.74) is 2.64. The van der Waals surface area contributed by atoms with E-state index in [2.05, 4.69) is 0 Å². The number of hydrogen-bond donors (Lipinski definition) is 0. The van der Waals surface area contributed by atoms with Crippen LogP contribution in [0.25, 0.3) is 0 Å². The lowest BCUT2D eigenvalue weighted by Gasteiger charge is -2.16. The van der Waals surface area contributed by atoms with Crippen molar-refractivity contribution in [2.75, 3.05) is 31.0 Å². The average Bonchev–Trinajstić information content (AvgIpc) is 2.88. The number of anilines is 1. The molecule has 0 radical (unpaired) electrons. The number of amides is 1. The number of carbonyl (C=O) groups is 2. The Bertz CT molecular complexity index is 516. The highest BCUT2D eigenvalue weighted by atomic mass is 35.5. The normalized spacial score (nSPS) is 13.4. The van der Waals surface area contributed by atoms with Gasteiger partial charge >= 0.3 is 0 Å². The number of nitrogens with zero attached hydrogens (tertiary/aromatic N) is 1. The lowest BCUT2D eigenvalue weighted by Crippen LogP contribution is -2.31. The molecule has 108 valence electrons. The molecule has 1 aliphatic heterocycles. The number of Topliss-reactive ketones (excluding diaryl/α,β-unsaturated/α-hetero) is 1. The molecule has 1 aliphatic rings. The van der Waals surface area contributed by atoms with Gasteiger partial charge in [0.05, 0.1) is 0 Å². The quantitative estimate of drug-likeness (QED) is 0.598. The van der Waals surface area contributed by atoms with E-state index in [-0.39, 0.29) is 18.3 Å². The molecule has 0 fully saturated rings. The molecule has 1 aromatic rings. The molecule has 0 saturated carbocycles. The van der Waals surface area contributed by atoms with Crippen molar-refractivity contribution in [1.82, 2.24) is 0 Å². The van der Waals surface area contributed by atoms with E-state index in [4.69, 9.17) is 16.3 Å². The number of methoxy groups -OCH3 is 1. The van der Waals surface area contributed by atoms with Gasteiger partial charge in [-0.1, -0.05) is 0 Å². The maximum absolute atomic E-state index is 12.0. The number of benzene rings is 1. The van der Waals surface area contributed by atoms with Gasteiger partial charge in [-0.3, -0.25) is 9.59 Å². The first kappa shape index (κ1) is 15.0. The third-order valence-corrected chi connectivity index (χ3v) is 3.67. The topological polar surface area (TPSA) is 46.6 Å². The number of alkyl halides is 1. The van der Waals surface area contributed by atoms with Crippen LogP contribution in [0.5, 0.6) is 0 Å². The van der Waals surface area contributed by atoms with Gasteiger partial charge in [-0.25, -0.2) is 0 Å². The van der Waals surface area contributed by atoms with E-state index < -0.39 is 0 Å². The van der Waals surface area contributed by atoms with Crippen LogP contribution < -0.4 is 4.90 Å². The highest BCUT2D eigenvalue weighted by Gasteiger charge is 2.25. The predicted octanol–water partition coefficient (Wildman–Crippen LogP) is 2.42. The maximum atomic E-state index is 12.0. The average molecular weight is 296 g/mol.